The molecule has 0 aliphatic rings. The number of carbonyl (C=O) groups excluding carboxylic acids is 1. The molecule has 0 fully saturated rings. The highest BCUT2D eigenvalue weighted by molar-refractivity contribution is 6.07. The molecule has 0 aliphatic heterocycles. The van der Waals surface area contributed by atoms with Crippen LogP contribution in [-0.4, -0.2) is 20.7 Å². The summed E-state index contributed by atoms with van der Waals surface area (Å²) in [6, 6.07) is 14.1. The van der Waals surface area contributed by atoms with Crippen LogP contribution in [0.25, 0.3) is 22.2 Å². The topological polar surface area (TPSA) is 59.8 Å². The van der Waals surface area contributed by atoms with Crippen LogP contribution in [0.3, 0.4) is 0 Å². The van der Waals surface area contributed by atoms with E-state index in [1.807, 2.05) is 49.0 Å². The summed E-state index contributed by atoms with van der Waals surface area (Å²) in [7, 11) is 0. The molecule has 0 aliphatic carbocycles. The highest BCUT2D eigenvalue weighted by atomic mass is 16.1. The molecule has 0 atom stereocenters. The molecule has 1 N–H and O–H groups in total. The van der Waals surface area contributed by atoms with E-state index >= 15 is 0 Å². The van der Waals surface area contributed by atoms with Gasteiger partial charge in [0.05, 0.1) is 23.0 Å². The molecule has 0 bridgehead atoms. The average Bonchev–Trinajstić information content (AvgIpc) is 3.22. The van der Waals surface area contributed by atoms with Crippen molar-refractivity contribution >= 4 is 16.8 Å². The lowest BCUT2D eigenvalue weighted by Crippen LogP contribution is -2.23. The minimum absolute atomic E-state index is 0.109. The summed E-state index contributed by atoms with van der Waals surface area (Å²) in [4.78, 5) is 18.1. The number of benzene rings is 2. The number of aromatic nitrogens is 3. The van der Waals surface area contributed by atoms with Crippen molar-refractivity contribution in [2.45, 2.75) is 40.8 Å². The van der Waals surface area contributed by atoms with Crippen LogP contribution in [0.15, 0.2) is 54.9 Å². The van der Waals surface area contributed by atoms with E-state index in [-0.39, 0.29) is 5.91 Å². The highest BCUT2D eigenvalue weighted by Crippen LogP contribution is 2.28. The van der Waals surface area contributed by atoms with E-state index in [0.717, 1.165) is 39.8 Å². The molecule has 30 heavy (non-hydrogen) atoms. The number of rotatable bonds is 5. The number of nitrogens with zero attached hydrogens (tertiary/aromatic N) is 3. The van der Waals surface area contributed by atoms with E-state index in [1.54, 1.807) is 6.20 Å². The predicted octanol–water partition coefficient (Wildman–Crippen LogP) is 4.97. The van der Waals surface area contributed by atoms with Gasteiger partial charge >= 0.3 is 0 Å². The van der Waals surface area contributed by atoms with Crippen molar-refractivity contribution in [1.82, 2.24) is 20.1 Å². The van der Waals surface area contributed by atoms with Gasteiger partial charge < -0.3 is 5.32 Å². The Hall–Kier alpha value is -3.47. The monoisotopic (exact) mass is 398 g/mol. The third kappa shape index (κ3) is 3.83. The summed E-state index contributed by atoms with van der Waals surface area (Å²) >= 11 is 0. The van der Waals surface area contributed by atoms with E-state index in [0.29, 0.717) is 12.1 Å². The van der Waals surface area contributed by atoms with E-state index in [4.69, 9.17) is 4.98 Å². The maximum Gasteiger partial charge on any atom is 0.252 e. The zero-order valence-electron chi connectivity index (χ0n) is 17.9. The molecule has 0 spiro atoms. The molecule has 0 saturated heterocycles. The SMILES string of the molecule is CCn1cc(CNC(=O)c2cc(-c3ccc(C)c(C)c3)nc3c(C)cccc23)cn1. The van der Waals surface area contributed by atoms with Gasteiger partial charge in [0.15, 0.2) is 0 Å². The first-order valence-corrected chi connectivity index (χ1v) is 10.2. The summed E-state index contributed by atoms with van der Waals surface area (Å²) in [5, 5.41) is 8.18. The molecule has 2 aromatic heterocycles. The van der Waals surface area contributed by atoms with Gasteiger partial charge in [-0.05, 0) is 56.5 Å². The van der Waals surface area contributed by atoms with Crippen molar-refractivity contribution in [3.63, 3.8) is 0 Å². The van der Waals surface area contributed by atoms with Gasteiger partial charge in [-0.2, -0.15) is 5.10 Å². The van der Waals surface area contributed by atoms with Gasteiger partial charge in [-0.1, -0.05) is 30.3 Å². The lowest BCUT2D eigenvalue weighted by atomic mass is 9.99. The Morgan fingerprint density at radius 3 is 2.60 bits per heavy atom. The minimum Gasteiger partial charge on any atom is -0.348 e. The molecule has 2 aromatic carbocycles. The summed E-state index contributed by atoms with van der Waals surface area (Å²) in [6.07, 6.45) is 3.74. The molecule has 5 nitrogen and oxygen atoms in total. The standard InChI is InChI=1S/C25H26N4O/c1-5-29-15-19(14-27-29)13-26-25(30)22-12-23(20-10-9-16(2)18(4)11-20)28-24-17(3)7-6-8-21(22)24/h6-12,14-15H,5,13H2,1-4H3,(H,26,30). The molecule has 152 valence electrons. The number of hydrogen-bond acceptors (Lipinski definition) is 3. The van der Waals surface area contributed by atoms with Crippen molar-refractivity contribution < 1.29 is 4.79 Å². The van der Waals surface area contributed by atoms with Crippen LogP contribution in [0.4, 0.5) is 0 Å². The zero-order valence-corrected chi connectivity index (χ0v) is 17.9. The number of fused-ring (bicyclic) bond motifs is 1. The largest absolute Gasteiger partial charge is 0.348 e. The van der Waals surface area contributed by atoms with Gasteiger partial charge in [-0.3, -0.25) is 9.48 Å². The van der Waals surface area contributed by atoms with Crippen LogP contribution < -0.4 is 5.32 Å². The third-order valence-corrected chi connectivity index (χ3v) is 5.55. The van der Waals surface area contributed by atoms with Crippen LogP contribution in [0.5, 0.6) is 0 Å². The minimum atomic E-state index is -0.109. The quantitative estimate of drug-likeness (QED) is 0.516. The molecule has 0 saturated carbocycles. The Morgan fingerprint density at radius 2 is 1.87 bits per heavy atom. The lowest BCUT2D eigenvalue weighted by Gasteiger charge is -2.12. The molecule has 2 heterocycles. The Bertz CT molecular complexity index is 1240. The second-order valence-electron chi connectivity index (χ2n) is 7.71. The Balaban J connectivity index is 1.74. The number of hydrogen-bond donors (Lipinski definition) is 1. The zero-order chi connectivity index (χ0) is 21.3. The van der Waals surface area contributed by atoms with Crippen molar-refractivity contribution in [2.24, 2.45) is 0 Å². The van der Waals surface area contributed by atoms with Gasteiger partial charge in [0.1, 0.15) is 0 Å². The van der Waals surface area contributed by atoms with Crippen molar-refractivity contribution in [3.8, 4) is 11.3 Å². The fourth-order valence-electron chi connectivity index (χ4n) is 3.58. The smallest absolute Gasteiger partial charge is 0.252 e. The summed E-state index contributed by atoms with van der Waals surface area (Å²) < 4.78 is 1.85. The molecule has 0 unspecified atom stereocenters. The molecule has 4 rings (SSSR count). The Labute approximate surface area is 176 Å². The second-order valence-corrected chi connectivity index (χ2v) is 7.71. The summed E-state index contributed by atoms with van der Waals surface area (Å²) in [6.45, 7) is 9.50. The molecule has 0 radical (unpaired) electrons. The van der Waals surface area contributed by atoms with Gasteiger partial charge in [-0.15, -0.1) is 0 Å². The Kier molecular flexibility index (Phi) is 5.36. The van der Waals surface area contributed by atoms with Crippen LogP contribution in [0.2, 0.25) is 0 Å². The maximum absolute atomic E-state index is 13.2. The summed E-state index contributed by atoms with van der Waals surface area (Å²) in [5.74, 6) is -0.109. The van der Waals surface area contributed by atoms with Crippen LogP contribution in [0.1, 0.15) is 39.5 Å². The van der Waals surface area contributed by atoms with Gasteiger partial charge in [0.25, 0.3) is 5.91 Å². The van der Waals surface area contributed by atoms with Crippen molar-refractivity contribution in [3.05, 3.63) is 82.7 Å². The first kappa shape index (κ1) is 19.8. The number of pyridine rings is 1. The normalized spacial score (nSPS) is 11.1. The fraction of sp³-hybridized carbons (Fsp3) is 0.240. The van der Waals surface area contributed by atoms with Crippen LogP contribution in [0, 0.1) is 20.8 Å². The van der Waals surface area contributed by atoms with Crippen LogP contribution in [-0.2, 0) is 13.1 Å². The number of nitrogens with one attached hydrogen (secondary N) is 1. The van der Waals surface area contributed by atoms with Crippen molar-refractivity contribution in [1.29, 1.82) is 0 Å². The van der Waals surface area contributed by atoms with Crippen molar-refractivity contribution in [2.75, 3.05) is 0 Å². The summed E-state index contributed by atoms with van der Waals surface area (Å²) in [5.41, 5.74) is 7.80. The van der Waals surface area contributed by atoms with E-state index < -0.39 is 0 Å². The molecular formula is C25H26N4O. The average molecular weight is 399 g/mol. The molecule has 1 amide bonds. The fourth-order valence-corrected chi connectivity index (χ4v) is 3.58. The first-order chi connectivity index (χ1) is 14.5. The number of carbonyl (C=O) groups is 1. The number of amides is 1. The lowest BCUT2D eigenvalue weighted by molar-refractivity contribution is 0.0952. The molecular weight excluding hydrogens is 372 g/mol. The van der Waals surface area contributed by atoms with E-state index in [1.165, 1.54) is 11.1 Å². The van der Waals surface area contributed by atoms with Gasteiger partial charge in [-0.25, -0.2) is 4.98 Å². The highest BCUT2D eigenvalue weighted by Gasteiger charge is 2.15. The predicted molar refractivity (Wildman–Crippen MR) is 120 cm³/mol. The number of para-hydroxylation sites is 1. The number of aryl methyl sites for hydroxylation is 4. The Morgan fingerprint density at radius 1 is 1.03 bits per heavy atom. The third-order valence-electron chi connectivity index (χ3n) is 5.55. The van der Waals surface area contributed by atoms with Gasteiger partial charge in [0.2, 0.25) is 0 Å². The maximum atomic E-state index is 13.2. The van der Waals surface area contributed by atoms with E-state index in [2.05, 4.69) is 42.5 Å². The molecule has 5 heteroatoms. The first-order valence-electron chi connectivity index (χ1n) is 10.2. The van der Waals surface area contributed by atoms with Gasteiger partial charge in [0, 0.05) is 35.8 Å². The van der Waals surface area contributed by atoms with Crippen LogP contribution >= 0.6 is 0 Å². The van der Waals surface area contributed by atoms with E-state index in [9.17, 15) is 4.79 Å². The molecule has 4 aromatic rings. The second kappa shape index (κ2) is 8.11.